The Labute approximate surface area is 221 Å². The van der Waals surface area contributed by atoms with E-state index in [0.29, 0.717) is 6.54 Å². The Kier molecular flexibility index (Phi) is 7.54. The highest BCUT2D eigenvalue weighted by molar-refractivity contribution is 6.04. The molecule has 3 aromatic rings. The zero-order chi connectivity index (χ0) is 25.9. The van der Waals surface area contributed by atoms with Gasteiger partial charge < -0.3 is 0 Å². The average molecular weight is 495 g/mol. The first-order valence-electron chi connectivity index (χ1n) is 13.4. The highest BCUT2D eigenvalue weighted by atomic mass is 16.2. The van der Waals surface area contributed by atoms with Crippen LogP contribution in [0.3, 0.4) is 0 Å². The first kappa shape index (κ1) is 25.4. The van der Waals surface area contributed by atoms with E-state index in [4.69, 9.17) is 5.10 Å². The maximum Gasteiger partial charge on any atom is 0.257 e. The van der Waals surface area contributed by atoms with Crippen LogP contribution in [0.1, 0.15) is 51.4 Å². The number of hydrazone groups is 1. The monoisotopic (exact) mass is 494 g/mol. The van der Waals surface area contributed by atoms with Crippen molar-refractivity contribution in [3.63, 3.8) is 0 Å². The molecule has 2 aliphatic rings. The molecule has 0 N–H and O–H groups in total. The number of piperazine rings is 1. The van der Waals surface area contributed by atoms with Gasteiger partial charge in [-0.3, -0.25) is 14.6 Å². The summed E-state index contributed by atoms with van der Waals surface area (Å²) >= 11 is 0. The van der Waals surface area contributed by atoms with E-state index in [-0.39, 0.29) is 11.9 Å². The number of aryl methyl sites for hydroxylation is 4. The summed E-state index contributed by atoms with van der Waals surface area (Å²) in [5, 5.41) is 6.76. The van der Waals surface area contributed by atoms with Gasteiger partial charge in [-0.15, -0.1) is 0 Å². The van der Waals surface area contributed by atoms with Crippen molar-refractivity contribution >= 4 is 11.6 Å². The third-order valence-corrected chi connectivity index (χ3v) is 7.73. The number of carbonyl (C=O) groups is 1. The van der Waals surface area contributed by atoms with Crippen LogP contribution in [-0.4, -0.2) is 59.2 Å². The molecular formula is C32H38N4O. The fourth-order valence-electron chi connectivity index (χ4n) is 5.61. The number of carbonyl (C=O) groups excluding carboxylic acids is 1. The molecule has 0 aromatic heterocycles. The summed E-state index contributed by atoms with van der Waals surface area (Å²) in [7, 11) is 0. The Balaban J connectivity index is 1.32. The predicted octanol–water partition coefficient (Wildman–Crippen LogP) is 5.42. The molecule has 1 saturated heterocycles. The lowest BCUT2D eigenvalue weighted by Crippen LogP contribution is -2.49. The number of hydrogen-bond acceptors (Lipinski definition) is 4. The van der Waals surface area contributed by atoms with E-state index in [9.17, 15) is 4.79 Å². The predicted molar refractivity (Wildman–Crippen MR) is 151 cm³/mol. The summed E-state index contributed by atoms with van der Waals surface area (Å²) < 4.78 is 0. The van der Waals surface area contributed by atoms with Crippen LogP contribution in [-0.2, 0) is 11.3 Å². The number of nitrogens with zero attached hydrogens (tertiary/aromatic N) is 4. The molecule has 1 amide bonds. The van der Waals surface area contributed by atoms with Crippen LogP contribution in [0.5, 0.6) is 0 Å². The Morgan fingerprint density at radius 1 is 0.811 bits per heavy atom. The van der Waals surface area contributed by atoms with Gasteiger partial charge in [-0.1, -0.05) is 77.9 Å². The molecule has 0 aliphatic carbocycles. The van der Waals surface area contributed by atoms with Crippen LogP contribution in [0.25, 0.3) is 0 Å². The van der Waals surface area contributed by atoms with Crippen LogP contribution >= 0.6 is 0 Å². The maximum atomic E-state index is 13.7. The Bertz CT molecular complexity index is 1290. The van der Waals surface area contributed by atoms with Crippen molar-refractivity contribution in [2.75, 3.05) is 32.7 Å². The number of amides is 1. The van der Waals surface area contributed by atoms with Gasteiger partial charge in [-0.05, 0) is 49.9 Å². The normalized spacial score (nSPS) is 18.8. The molecule has 1 atom stereocenters. The second-order valence-electron chi connectivity index (χ2n) is 10.7. The molecule has 5 rings (SSSR count). The van der Waals surface area contributed by atoms with Gasteiger partial charge in [0.15, 0.2) is 0 Å². The second-order valence-corrected chi connectivity index (χ2v) is 10.7. The van der Waals surface area contributed by atoms with E-state index in [1.165, 1.54) is 33.4 Å². The molecule has 2 heterocycles. The van der Waals surface area contributed by atoms with E-state index in [1.807, 2.05) is 0 Å². The van der Waals surface area contributed by atoms with E-state index >= 15 is 0 Å². The SMILES string of the molecule is Cc1ccc(C2=NN(C(=O)CN3CCN(Cc4ccccc4)CC3)C(c3cc(C)ccc3C)C2)c(C)c1. The molecule has 5 nitrogen and oxygen atoms in total. The largest absolute Gasteiger partial charge is 0.297 e. The molecule has 0 bridgehead atoms. The second kappa shape index (κ2) is 11.0. The molecule has 0 spiro atoms. The van der Waals surface area contributed by atoms with Gasteiger partial charge >= 0.3 is 0 Å². The third-order valence-electron chi connectivity index (χ3n) is 7.73. The molecule has 0 saturated carbocycles. The first-order valence-corrected chi connectivity index (χ1v) is 13.4. The van der Waals surface area contributed by atoms with Crippen LogP contribution in [0.15, 0.2) is 71.8 Å². The smallest absolute Gasteiger partial charge is 0.257 e. The fourth-order valence-corrected chi connectivity index (χ4v) is 5.61. The average Bonchev–Trinajstić information content (AvgIpc) is 3.32. The maximum absolute atomic E-state index is 13.7. The van der Waals surface area contributed by atoms with Gasteiger partial charge in [0.05, 0.1) is 18.3 Å². The van der Waals surface area contributed by atoms with Crippen molar-refractivity contribution in [2.24, 2.45) is 5.10 Å². The fraction of sp³-hybridized carbons (Fsp3) is 0.375. The standard InChI is InChI=1S/C32H38N4O/c1-23-11-13-28(26(4)18-23)30-20-31(29-19-24(2)10-12-25(29)3)36(33-30)32(37)22-35-16-14-34(15-17-35)21-27-8-6-5-7-9-27/h5-13,18-19,31H,14-17,20-22H2,1-4H3. The first-order chi connectivity index (χ1) is 17.9. The van der Waals surface area contributed by atoms with Crippen LogP contribution in [0.4, 0.5) is 0 Å². The summed E-state index contributed by atoms with van der Waals surface area (Å²) in [6.07, 6.45) is 0.741. The summed E-state index contributed by atoms with van der Waals surface area (Å²) in [4.78, 5) is 18.5. The zero-order valence-corrected chi connectivity index (χ0v) is 22.6. The lowest BCUT2D eigenvalue weighted by molar-refractivity contribution is -0.134. The van der Waals surface area contributed by atoms with Gasteiger partial charge in [0.25, 0.3) is 5.91 Å². The van der Waals surface area contributed by atoms with Crippen LogP contribution < -0.4 is 0 Å². The van der Waals surface area contributed by atoms with Crippen LogP contribution in [0, 0.1) is 27.7 Å². The molecule has 1 unspecified atom stereocenters. The lowest BCUT2D eigenvalue weighted by atomic mass is 9.92. The number of benzene rings is 3. The molecule has 192 valence electrons. The lowest BCUT2D eigenvalue weighted by Gasteiger charge is -2.35. The van der Waals surface area contributed by atoms with Gasteiger partial charge in [-0.25, -0.2) is 5.01 Å². The number of hydrogen-bond donors (Lipinski definition) is 0. The van der Waals surface area contributed by atoms with Gasteiger partial charge in [-0.2, -0.15) is 5.10 Å². The molecule has 2 aliphatic heterocycles. The van der Waals surface area contributed by atoms with Gasteiger partial charge in [0.2, 0.25) is 0 Å². The molecule has 1 fully saturated rings. The van der Waals surface area contributed by atoms with E-state index in [1.54, 1.807) is 5.01 Å². The highest BCUT2D eigenvalue weighted by Gasteiger charge is 2.35. The highest BCUT2D eigenvalue weighted by Crippen LogP contribution is 2.35. The minimum absolute atomic E-state index is 0.0672. The van der Waals surface area contributed by atoms with E-state index in [0.717, 1.165) is 50.4 Å². The quantitative estimate of drug-likeness (QED) is 0.460. The van der Waals surface area contributed by atoms with E-state index < -0.39 is 0 Å². The zero-order valence-electron chi connectivity index (χ0n) is 22.6. The minimum atomic E-state index is -0.0672. The van der Waals surface area contributed by atoms with Crippen molar-refractivity contribution in [1.82, 2.24) is 14.8 Å². The molecular weight excluding hydrogens is 456 g/mol. The third kappa shape index (κ3) is 5.84. The Morgan fingerprint density at radius 2 is 1.49 bits per heavy atom. The van der Waals surface area contributed by atoms with Crippen molar-refractivity contribution in [2.45, 2.75) is 46.7 Å². The van der Waals surface area contributed by atoms with Crippen LogP contribution in [0.2, 0.25) is 0 Å². The summed E-state index contributed by atoms with van der Waals surface area (Å²) in [5.41, 5.74) is 9.56. The topological polar surface area (TPSA) is 39.2 Å². The number of rotatable bonds is 6. The Hall–Kier alpha value is -3.28. The van der Waals surface area contributed by atoms with Crippen molar-refractivity contribution in [3.8, 4) is 0 Å². The van der Waals surface area contributed by atoms with E-state index in [2.05, 4.69) is 104 Å². The molecule has 37 heavy (non-hydrogen) atoms. The Morgan fingerprint density at radius 3 is 2.22 bits per heavy atom. The van der Waals surface area contributed by atoms with Gasteiger partial charge in [0, 0.05) is 44.7 Å². The van der Waals surface area contributed by atoms with Gasteiger partial charge in [0.1, 0.15) is 0 Å². The molecule has 5 heteroatoms. The summed E-state index contributed by atoms with van der Waals surface area (Å²) in [6, 6.07) is 23.6. The van der Waals surface area contributed by atoms with Crippen molar-refractivity contribution in [1.29, 1.82) is 0 Å². The van der Waals surface area contributed by atoms with Crippen molar-refractivity contribution < 1.29 is 4.79 Å². The minimum Gasteiger partial charge on any atom is -0.297 e. The van der Waals surface area contributed by atoms with Crippen molar-refractivity contribution in [3.05, 3.63) is 106 Å². The summed E-state index contributed by atoms with van der Waals surface area (Å²) in [5.74, 6) is 0.0854. The summed E-state index contributed by atoms with van der Waals surface area (Å²) in [6.45, 7) is 13.6. The molecule has 3 aromatic carbocycles. The molecule has 0 radical (unpaired) electrons.